The number of hydrogen-bond acceptors (Lipinski definition) is 6. The number of furan rings is 2. The number of nitriles is 1. The van der Waals surface area contributed by atoms with Gasteiger partial charge in [0.15, 0.2) is 11.2 Å². The maximum absolute atomic E-state index is 9.28. The Labute approximate surface area is 455 Å². The first-order valence-electron chi connectivity index (χ1n) is 30.3. The van der Waals surface area contributed by atoms with Gasteiger partial charge < -0.3 is 23.8 Å². The summed E-state index contributed by atoms with van der Waals surface area (Å²) in [5.74, 6) is 0. The SMILES string of the molecule is [2H]C([2H])([2H])c1c[c-]c(-c2ccc(C([2H])([2H])C(C)(C)C)cn2)cc1.[2H]C([2H])([2H])c1c[c-]c(-c2ccc(C([2H])([2H])C(C)(C)C)cn2)cc1.[2H]C([2H])([2H])c1cnc(-c2[c-]ccc3c2oc2c3ccc3c4ccc(C#N)cc4oc32)cc1C([2H])([2H])C(C)(C)C.[Ir+3]. The third kappa shape index (κ3) is 13.0. The number of benzene rings is 5. The van der Waals surface area contributed by atoms with Crippen LogP contribution in [-0.4, -0.2) is 15.0 Å². The molecule has 0 aliphatic heterocycles. The van der Waals surface area contributed by atoms with Gasteiger partial charge in [0.05, 0.1) is 17.2 Å². The first-order valence-corrected chi connectivity index (χ1v) is 22.8. The Morgan fingerprint density at radius 3 is 1.58 bits per heavy atom. The van der Waals surface area contributed by atoms with Crippen molar-refractivity contribution >= 4 is 43.9 Å². The average molecular weight is 1130 g/mol. The molecule has 7 heteroatoms. The van der Waals surface area contributed by atoms with E-state index in [9.17, 15) is 5.26 Å². The van der Waals surface area contributed by atoms with E-state index in [-0.39, 0.29) is 42.4 Å². The number of pyridine rings is 3. The van der Waals surface area contributed by atoms with Crippen molar-refractivity contribution in [1.82, 2.24) is 15.0 Å². The van der Waals surface area contributed by atoms with E-state index in [1.54, 1.807) is 87.5 Å². The molecular formula is C64H63IrN4O2. The van der Waals surface area contributed by atoms with E-state index in [1.807, 2.05) is 65.8 Å². The molecular weight excluding hydrogens is 1050 g/mol. The molecule has 5 heterocycles. The van der Waals surface area contributed by atoms with Gasteiger partial charge in [0, 0.05) is 55.3 Å². The van der Waals surface area contributed by atoms with E-state index in [4.69, 9.17) is 29.4 Å². The standard InChI is InChI=1S/C30H23N2O2.2C17H20N.Ir/c1-17-16-32-25(13-19(17)14-30(2,3)4)24-7-5-6-21-23-11-10-22-20-9-8-18(15-31)12-26(20)33-28(22)29(23)34-27(21)24;2*1-13-5-8-15(9-6-13)16-10-7-14(12-18-16)11-17(2,3)4;/h5-6,8-13,16H,14H2,1-4H3;2*5-8,10,12H,11H2,1-4H3;/q3*-1;+3/i1D3,14D2;2*1D3,11D2;. The zero-order chi connectivity index (χ0) is 62.8. The smallest absolute Gasteiger partial charge is 0.497 e. The third-order valence-electron chi connectivity index (χ3n) is 10.6. The largest absolute Gasteiger partial charge is 3.00 e. The topological polar surface area (TPSA) is 88.7 Å². The van der Waals surface area contributed by atoms with Crippen molar-refractivity contribution < 1.29 is 49.5 Å². The Morgan fingerprint density at radius 1 is 0.549 bits per heavy atom. The van der Waals surface area contributed by atoms with Crippen LogP contribution in [0.25, 0.3) is 77.6 Å². The average Bonchev–Trinajstić information content (AvgIpc) is 1.67. The number of hydrogen-bond donors (Lipinski definition) is 0. The van der Waals surface area contributed by atoms with Crippen molar-refractivity contribution in [2.45, 2.75) is 102 Å². The van der Waals surface area contributed by atoms with Gasteiger partial charge in [0.1, 0.15) is 5.58 Å². The molecule has 0 saturated carbocycles. The molecule has 0 aliphatic carbocycles. The molecule has 360 valence electrons. The Morgan fingerprint density at radius 2 is 1.08 bits per heavy atom. The van der Waals surface area contributed by atoms with Crippen LogP contribution in [0.2, 0.25) is 0 Å². The van der Waals surface area contributed by atoms with Crippen molar-refractivity contribution in [3.8, 4) is 39.8 Å². The summed E-state index contributed by atoms with van der Waals surface area (Å²) in [7, 11) is 0. The summed E-state index contributed by atoms with van der Waals surface area (Å²) in [6.45, 7) is 9.48. The molecule has 10 aromatic rings. The molecule has 0 saturated heterocycles. The van der Waals surface area contributed by atoms with E-state index in [0.29, 0.717) is 72.8 Å². The summed E-state index contributed by atoms with van der Waals surface area (Å²) in [5.41, 5.74) is 5.63. The molecule has 0 aliphatic rings. The maximum Gasteiger partial charge on any atom is 3.00 e. The van der Waals surface area contributed by atoms with E-state index in [2.05, 4.69) is 39.2 Å². The summed E-state index contributed by atoms with van der Waals surface area (Å²) in [4.78, 5) is 13.1. The van der Waals surface area contributed by atoms with Crippen molar-refractivity contribution in [3.05, 3.63) is 185 Å². The van der Waals surface area contributed by atoms with Gasteiger partial charge in [-0.05, 0) is 100 Å². The van der Waals surface area contributed by atoms with Crippen LogP contribution in [0.3, 0.4) is 0 Å². The Kier molecular flexibility index (Phi) is 10.6. The summed E-state index contributed by atoms with van der Waals surface area (Å²) in [6, 6.07) is 41.7. The number of rotatable bonds is 6. The number of fused-ring (bicyclic) bond motifs is 7. The van der Waals surface area contributed by atoms with Crippen molar-refractivity contribution in [2.24, 2.45) is 16.2 Å². The normalized spacial score (nSPS) is 16.0. The fourth-order valence-electron chi connectivity index (χ4n) is 7.68. The summed E-state index contributed by atoms with van der Waals surface area (Å²) in [6.07, 6.45) is -0.640. The van der Waals surface area contributed by atoms with Gasteiger partial charge in [-0.1, -0.05) is 129 Å². The second-order valence-corrected chi connectivity index (χ2v) is 20.0. The second kappa shape index (κ2) is 21.3. The molecule has 0 fully saturated rings. The minimum atomic E-state index is -2.53. The fraction of sp³-hybridized carbons (Fsp3) is 0.281. The van der Waals surface area contributed by atoms with Crippen molar-refractivity contribution in [3.63, 3.8) is 0 Å². The molecule has 10 rings (SSSR count). The molecule has 0 radical (unpaired) electrons. The van der Waals surface area contributed by atoms with Crippen molar-refractivity contribution in [1.29, 1.82) is 5.26 Å². The molecule has 0 spiro atoms. The Hall–Kier alpha value is -6.71. The van der Waals surface area contributed by atoms with Crippen LogP contribution in [0.5, 0.6) is 0 Å². The van der Waals surface area contributed by atoms with Gasteiger partial charge in [-0.15, -0.1) is 89.0 Å². The van der Waals surface area contributed by atoms with Gasteiger partial charge in [-0.2, -0.15) is 5.26 Å². The van der Waals surface area contributed by atoms with Crippen LogP contribution in [0.15, 0.2) is 137 Å². The first kappa shape index (κ1) is 35.4. The van der Waals surface area contributed by atoms with Crippen molar-refractivity contribution in [2.75, 3.05) is 0 Å². The van der Waals surface area contributed by atoms with E-state index < -0.39 is 55.9 Å². The second-order valence-electron chi connectivity index (χ2n) is 20.0. The predicted octanol–water partition coefficient (Wildman–Crippen LogP) is 17.0. The van der Waals surface area contributed by atoms with Crippen LogP contribution in [0.1, 0.15) is 122 Å². The van der Waals surface area contributed by atoms with E-state index in [0.717, 1.165) is 21.5 Å². The van der Waals surface area contributed by atoms with E-state index in [1.165, 1.54) is 36.8 Å². The first-order chi connectivity index (χ1) is 39.2. The minimum absolute atomic E-state index is 0. The predicted molar refractivity (Wildman–Crippen MR) is 288 cm³/mol. The Balaban J connectivity index is 0.000000195. The number of aromatic nitrogens is 3. The van der Waals surface area contributed by atoms with Crippen LogP contribution in [0, 0.1) is 66.3 Å². The summed E-state index contributed by atoms with van der Waals surface area (Å²) >= 11 is 0. The molecule has 0 bridgehead atoms. The van der Waals surface area contributed by atoms with Gasteiger partial charge in [-0.3, -0.25) is 0 Å². The van der Waals surface area contributed by atoms with Gasteiger partial charge >= 0.3 is 20.1 Å². The van der Waals surface area contributed by atoms with Gasteiger partial charge in [0.2, 0.25) is 0 Å². The number of aryl methyl sites for hydroxylation is 3. The molecule has 5 aromatic carbocycles. The molecule has 5 aromatic heterocycles. The molecule has 0 amide bonds. The third-order valence-corrected chi connectivity index (χ3v) is 10.6. The van der Waals surface area contributed by atoms with Crippen LogP contribution < -0.4 is 0 Å². The Bertz CT molecular complexity index is 3980. The molecule has 71 heavy (non-hydrogen) atoms. The monoisotopic (exact) mass is 1130 g/mol. The van der Waals surface area contributed by atoms with E-state index >= 15 is 0 Å². The molecule has 0 atom stereocenters. The molecule has 0 N–H and O–H groups in total. The van der Waals surface area contributed by atoms with Gasteiger partial charge in [0.25, 0.3) is 0 Å². The minimum Gasteiger partial charge on any atom is -0.497 e. The molecule has 6 nitrogen and oxygen atoms in total. The van der Waals surface area contributed by atoms with Gasteiger partial charge in [-0.25, -0.2) is 0 Å². The fourth-order valence-corrected chi connectivity index (χ4v) is 7.68. The number of nitrogens with zero attached hydrogens (tertiary/aromatic N) is 4. The van der Waals surface area contributed by atoms with Crippen LogP contribution >= 0.6 is 0 Å². The summed E-state index contributed by atoms with van der Waals surface area (Å²) < 4.78 is 131. The summed E-state index contributed by atoms with van der Waals surface area (Å²) in [5, 5.41) is 12.6. The molecule has 0 unspecified atom stereocenters. The van der Waals surface area contributed by atoms with Crippen LogP contribution in [-0.2, 0) is 39.2 Å². The zero-order valence-electron chi connectivity index (χ0n) is 56.1. The zero-order valence-corrected chi connectivity index (χ0v) is 43.5. The maximum atomic E-state index is 9.28. The van der Waals surface area contributed by atoms with Crippen LogP contribution in [0.4, 0.5) is 0 Å². The quantitative estimate of drug-likeness (QED) is 0.154.